The first kappa shape index (κ1) is 19.2. The Balaban J connectivity index is 1.58. The Bertz CT molecular complexity index is 1060. The van der Waals surface area contributed by atoms with E-state index in [4.69, 9.17) is 0 Å². The normalized spacial score (nSPS) is 10.8. The maximum atomic E-state index is 13.4. The number of aryl methyl sites for hydroxylation is 1. The summed E-state index contributed by atoms with van der Waals surface area (Å²) in [6.45, 7) is 1.23. The summed E-state index contributed by atoms with van der Waals surface area (Å²) in [6, 6.07) is 26.3. The third-order valence-corrected chi connectivity index (χ3v) is 5.78. The molecule has 5 heteroatoms. The van der Waals surface area contributed by atoms with Gasteiger partial charge in [-0.25, -0.2) is 0 Å². The first-order valence-corrected chi connectivity index (χ1v) is 10.5. The van der Waals surface area contributed by atoms with Gasteiger partial charge in [0, 0.05) is 20.1 Å². The number of aromatic nitrogens is 2. The van der Waals surface area contributed by atoms with Crippen LogP contribution in [0.3, 0.4) is 0 Å². The summed E-state index contributed by atoms with van der Waals surface area (Å²) in [6.07, 6.45) is 0.815. The summed E-state index contributed by atoms with van der Waals surface area (Å²) < 4.78 is 1.69. The molecule has 0 bridgehead atoms. The van der Waals surface area contributed by atoms with Crippen molar-refractivity contribution in [3.05, 3.63) is 101 Å². The molecule has 4 aromatic rings. The van der Waals surface area contributed by atoms with Crippen molar-refractivity contribution in [2.24, 2.45) is 7.05 Å². The van der Waals surface area contributed by atoms with E-state index in [9.17, 15) is 4.79 Å². The van der Waals surface area contributed by atoms with Crippen LogP contribution in [0, 0.1) is 0 Å². The zero-order chi connectivity index (χ0) is 20.1. The van der Waals surface area contributed by atoms with Gasteiger partial charge < -0.3 is 4.90 Å². The van der Waals surface area contributed by atoms with Gasteiger partial charge in [0.2, 0.25) is 0 Å². The molecule has 4 rings (SSSR count). The lowest BCUT2D eigenvalue weighted by molar-refractivity contribution is 0.0734. The second kappa shape index (κ2) is 8.88. The molecule has 2 aromatic heterocycles. The molecule has 146 valence electrons. The molecule has 0 aliphatic carbocycles. The molecule has 2 aromatic carbocycles. The van der Waals surface area contributed by atoms with Crippen LogP contribution in [0.15, 0.2) is 84.2 Å². The average molecular weight is 402 g/mol. The van der Waals surface area contributed by atoms with Crippen LogP contribution in [-0.2, 0) is 20.0 Å². The van der Waals surface area contributed by atoms with Crippen LogP contribution >= 0.6 is 11.3 Å². The van der Waals surface area contributed by atoms with Crippen LogP contribution in [0.25, 0.3) is 10.6 Å². The summed E-state index contributed by atoms with van der Waals surface area (Å²) in [4.78, 5) is 16.4. The molecule has 2 heterocycles. The molecule has 0 radical (unpaired) electrons. The minimum atomic E-state index is 0.00240. The van der Waals surface area contributed by atoms with E-state index in [0.717, 1.165) is 22.6 Å². The Kier molecular flexibility index (Phi) is 5.86. The van der Waals surface area contributed by atoms with E-state index in [0.29, 0.717) is 18.8 Å². The Hall–Kier alpha value is -3.18. The highest BCUT2D eigenvalue weighted by Crippen LogP contribution is 2.24. The van der Waals surface area contributed by atoms with Gasteiger partial charge in [-0.2, -0.15) is 5.10 Å². The van der Waals surface area contributed by atoms with E-state index in [-0.39, 0.29) is 5.91 Å². The fraction of sp³-hybridized carbons (Fsp3) is 0.167. The maximum absolute atomic E-state index is 13.4. The molecule has 0 atom stereocenters. The van der Waals surface area contributed by atoms with E-state index in [1.54, 1.807) is 16.0 Å². The van der Waals surface area contributed by atoms with Crippen LogP contribution in [-0.4, -0.2) is 27.1 Å². The Morgan fingerprint density at radius 3 is 2.31 bits per heavy atom. The number of thiophene rings is 1. The summed E-state index contributed by atoms with van der Waals surface area (Å²) in [7, 11) is 1.84. The minimum Gasteiger partial charge on any atom is -0.333 e. The molecular weight excluding hydrogens is 378 g/mol. The van der Waals surface area contributed by atoms with Crippen molar-refractivity contribution in [3.8, 4) is 10.6 Å². The van der Waals surface area contributed by atoms with Gasteiger partial charge >= 0.3 is 0 Å². The van der Waals surface area contributed by atoms with E-state index in [1.807, 2.05) is 71.9 Å². The van der Waals surface area contributed by atoms with Crippen molar-refractivity contribution in [1.82, 2.24) is 14.7 Å². The van der Waals surface area contributed by atoms with Crippen molar-refractivity contribution in [1.29, 1.82) is 0 Å². The molecule has 0 spiro atoms. The van der Waals surface area contributed by atoms with Gasteiger partial charge in [-0.05, 0) is 35.1 Å². The number of amides is 1. The number of carbonyl (C=O) groups excluding carboxylic acids is 1. The topological polar surface area (TPSA) is 38.1 Å². The zero-order valence-electron chi connectivity index (χ0n) is 16.4. The molecule has 0 saturated carbocycles. The van der Waals surface area contributed by atoms with Crippen molar-refractivity contribution >= 4 is 17.2 Å². The summed E-state index contributed by atoms with van der Waals surface area (Å²) >= 11 is 1.63. The first-order valence-electron chi connectivity index (χ1n) is 9.66. The first-order chi connectivity index (χ1) is 14.2. The summed E-state index contributed by atoms with van der Waals surface area (Å²) in [5.41, 5.74) is 3.79. The van der Waals surface area contributed by atoms with Crippen LogP contribution < -0.4 is 0 Å². The largest absolute Gasteiger partial charge is 0.333 e. The third kappa shape index (κ3) is 4.63. The Morgan fingerprint density at radius 2 is 1.66 bits per heavy atom. The molecular formula is C24H23N3OS. The monoisotopic (exact) mass is 401 g/mol. The average Bonchev–Trinajstić information content (AvgIpc) is 3.42. The minimum absolute atomic E-state index is 0.00240. The standard InChI is InChI=1S/C24H23N3OS/c1-26-22(17-21(25-26)23-13-8-16-29-23)24(28)27(18-20-11-6-3-7-12-20)15-14-19-9-4-2-5-10-19/h2-13,16-17H,14-15,18H2,1H3. The van der Waals surface area contributed by atoms with Crippen LogP contribution in [0.5, 0.6) is 0 Å². The second-order valence-electron chi connectivity index (χ2n) is 6.96. The van der Waals surface area contributed by atoms with Gasteiger partial charge in [0.1, 0.15) is 11.4 Å². The molecule has 0 saturated heterocycles. The van der Waals surface area contributed by atoms with E-state index in [1.165, 1.54) is 5.56 Å². The van der Waals surface area contributed by atoms with Crippen LogP contribution in [0.1, 0.15) is 21.6 Å². The number of carbonyl (C=O) groups is 1. The zero-order valence-corrected chi connectivity index (χ0v) is 17.2. The fourth-order valence-corrected chi connectivity index (χ4v) is 4.02. The van der Waals surface area contributed by atoms with Crippen LogP contribution in [0.2, 0.25) is 0 Å². The molecule has 4 nitrogen and oxygen atoms in total. The highest BCUT2D eigenvalue weighted by molar-refractivity contribution is 7.13. The van der Waals surface area contributed by atoms with Gasteiger partial charge in [0.05, 0.1) is 4.88 Å². The predicted octanol–water partition coefficient (Wildman–Crippen LogP) is 5.03. The van der Waals surface area contributed by atoms with Gasteiger partial charge in [-0.15, -0.1) is 11.3 Å². The van der Waals surface area contributed by atoms with Crippen molar-refractivity contribution in [2.75, 3.05) is 6.54 Å². The molecule has 29 heavy (non-hydrogen) atoms. The van der Waals surface area contributed by atoms with Crippen molar-refractivity contribution in [3.63, 3.8) is 0 Å². The number of rotatable bonds is 7. The lowest BCUT2D eigenvalue weighted by Crippen LogP contribution is -2.33. The Morgan fingerprint density at radius 1 is 0.966 bits per heavy atom. The number of hydrogen-bond acceptors (Lipinski definition) is 3. The number of nitrogens with zero attached hydrogens (tertiary/aromatic N) is 3. The molecule has 0 aliphatic rings. The molecule has 0 aliphatic heterocycles. The maximum Gasteiger partial charge on any atom is 0.272 e. The lowest BCUT2D eigenvalue weighted by atomic mass is 10.1. The molecule has 0 fully saturated rings. The molecule has 1 amide bonds. The second-order valence-corrected chi connectivity index (χ2v) is 7.91. The van der Waals surface area contributed by atoms with Gasteiger partial charge in [-0.1, -0.05) is 66.7 Å². The third-order valence-electron chi connectivity index (χ3n) is 4.89. The summed E-state index contributed by atoms with van der Waals surface area (Å²) in [5.74, 6) is 0.00240. The van der Waals surface area contributed by atoms with E-state index < -0.39 is 0 Å². The van der Waals surface area contributed by atoms with Gasteiger partial charge in [0.15, 0.2) is 0 Å². The van der Waals surface area contributed by atoms with E-state index in [2.05, 4.69) is 29.4 Å². The van der Waals surface area contributed by atoms with Gasteiger partial charge in [0.25, 0.3) is 5.91 Å². The Labute approximate surface area is 175 Å². The highest BCUT2D eigenvalue weighted by Gasteiger charge is 2.21. The molecule has 0 N–H and O–H groups in total. The van der Waals surface area contributed by atoms with Crippen molar-refractivity contribution < 1.29 is 4.79 Å². The number of hydrogen-bond donors (Lipinski definition) is 0. The smallest absolute Gasteiger partial charge is 0.272 e. The lowest BCUT2D eigenvalue weighted by Gasteiger charge is -2.23. The summed E-state index contributed by atoms with van der Waals surface area (Å²) in [5, 5.41) is 6.58. The van der Waals surface area contributed by atoms with Crippen molar-refractivity contribution in [2.45, 2.75) is 13.0 Å². The quantitative estimate of drug-likeness (QED) is 0.435. The van der Waals surface area contributed by atoms with Crippen LogP contribution in [0.4, 0.5) is 0 Å². The highest BCUT2D eigenvalue weighted by atomic mass is 32.1. The van der Waals surface area contributed by atoms with Gasteiger partial charge in [-0.3, -0.25) is 9.48 Å². The number of benzene rings is 2. The fourth-order valence-electron chi connectivity index (χ4n) is 3.34. The van der Waals surface area contributed by atoms with E-state index >= 15 is 0 Å². The molecule has 0 unspecified atom stereocenters. The predicted molar refractivity (Wildman–Crippen MR) is 118 cm³/mol. The SMILES string of the molecule is Cn1nc(-c2cccs2)cc1C(=O)N(CCc1ccccc1)Cc1ccccc1.